The number of fused-ring (bicyclic) bond motifs is 2. The quantitative estimate of drug-likeness (QED) is 0.509. The number of rotatable bonds is 7. The summed E-state index contributed by atoms with van der Waals surface area (Å²) in [6, 6.07) is 11.7. The fraction of sp³-hybridized carbons (Fsp3) is 0.273. The third-order valence-electron chi connectivity index (χ3n) is 4.62. The van der Waals surface area contributed by atoms with Crippen LogP contribution in [0.1, 0.15) is 5.69 Å². The lowest BCUT2D eigenvalue weighted by Crippen LogP contribution is -2.19. The standard InChI is InChI=1S/C22H24N4O3/c1-14-9-15-10-16(5-6-18(15)25-14)29-22-17-11-20(27-4)21(28-8-7-26(2)3)12-19(17)23-13-24-22/h5-6,9-13,25H,7-8H2,1-4H3. The van der Waals surface area contributed by atoms with E-state index in [-0.39, 0.29) is 0 Å². The molecule has 150 valence electrons. The molecule has 0 aliphatic heterocycles. The topological polar surface area (TPSA) is 72.5 Å². The number of hydrogen-bond acceptors (Lipinski definition) is 6. The molecular formula is C22H24N4O3. The number of nitrogens with zero attached hydrogens (tertiary/aromatic N) is 3. The monoisotopic (exact) mass is 392 g/mol. The van der Waals surface area contributed by atoms with Crippen LogP contribution in [0.3, 0.4) is 0 Å². The van der Waals surface area contributed by atoms with Gasteiger partial charge in [0.05, 0.1) is 18.0 Å². The van der Waals surface area contributed by atoms with Crippen molar-refractivity contribution in [2.24, 2.45) is 0 Å². The lowest BCUT2D eigenvalue weighted by atomic mass is 10.2. The average molecular weight is 392 g/mol. The van der Waals surface area contributed by atoms with Gasteiger partial charge in [0.1, 0.15) is 18.7 Å². The van der Waals surface area contributed by atoms with Crippen molar-refractivity contribution in [3.63, 3.8) is 0 Å². The van der Waals surface area contributed by atoms with Crippen LogP contribution in [-0.4, -0.2) is 54.2 Å². The molecule has 0 bridgehead atoms. The van der Waals surface area contributed by atoms with E-state index >= 15 is 0 Å². The lowest BCUT2D eigenvalue weighted by Gasteiger charge is -2.15. The summed E-state index contributed by atoms with van der Waals surface area (Å²) in [7, 11) is 5.63. The minimum absolute atomic E-state index is 0.472. The first kappa shape index (κ1) is 19.0. The number of likely N-dealkylation sites (N-methyl/N-ethyl adjacent to an activating group) is 1. The number of nitrogens with one attached hydrogen (secondary N) is 1. The number of aromatic amines is 1. The van der Waals surface area contributed by atoms with Gasteiger partial charge >= 0.3 is 0 Å². The lowest BCUT2D eigenvalue weighted by molar-refractivity contribution is 0.251. The predicted molar refractivity (Wildman–Crippen MR) is 113 cm³/mol. The molecule has 7 nitrogen and oxygen atoms in total. The predicted octanol–water partition coefficient (Wildman–Crippen LogP) is 4.16. The van der Waals surface area contributed by atoms with Gasteiger partial charge in [-0.05, 0) is 51.4 Å². The molecule has 0 saturated carbocycles. The number of methoxy groups -OCH3 is 1. The molecule has 0 aliphatic rings. The van der Waals surface area contributed by atoms with Gasteiger partial charge in [-0.3, -0.25) is 0 Å². The third kappa shape index (κ3) is 4.09. The number of aryl methyl sites for hydroxylation is 1. The van der Waals surface area contributed by atoms with Crippen LogP contribution in [-0.2, 0) is 0 Å². The van der Waals surface area contributed by atoms with Crippen LogP contribution in [0.2, 0.25) is 0 Å². The van der Waals surface area contributed by atoms with Gasteiger partial charge in [-0.2, -0.15) is 0 Å². The van der Waals surface area contributed by atoms with Gasteiger partial charge < -0.3 is 24.1 Å². The van der Waals surface area contributed by atoms with Gasteiger partial charge in [0.25, 0.3) is 0 Å². The highest BCUT2D eigenvalue weighted by atomic mass is 16.5. The molecule has 0 aliphatic carbocycles. The number of ether oxygens (including phenoxy) is 3. The van der Waals surface area contributed by atoms with Gasteiger partial charge in [-0.1, -0.05) is 0 Å². The summed E-state index contributed by atoms with van der Waals surface area (Å²) in [5, 5.41) is 1.85. The highest BCUT2D eigenvalue weighted by Gasteiger charge is 2.13. The summed E-state index contributed by atoms with van der Waals surface area (Å²) < 4.78 is 17.5. The molecule has 0 atom stereocenters. The highest BCUT2D eigenvalue weighted by molar-refractivity contribution is 5.87. The molecule has 2 aromatic heterocycles. The molecular weight excluding hydrogens is 368 g/mol. The van der Waals surface area contributed by atoms with Crippen molar-refractivity contribution in [2.45, 2.75) is 6.92 Å². The van der Waals surface area contributed by atoms with Crippen LogP contribution in [0.15, 0.2) is 42.7 Å². The van der Waals surface area contributed by atoms with Crippen molar-refractivity contribution in [1.29, 1.82) is 0 Å². The van der Waals surface area contributed by atoms with E-state index in [1.165, 1.54) is 6.33 Å². The van der Waals surface area contributed by atoms with Crippen LogP contribution >= 0.6 is 0 Å². The molecule has 0 amide bonds. The molecule has 0 unspecified atom stereocenters. The van der Waals surface area contributed by atoms with Crippen LogP contribution in [0, 0.1) is 6.92 Å². The number of aromatic nitrogens is 3. The van der Waals surface area contributed by atoms with Crippen LogP contribution in [0.4, 0.5) is 0 Å². The van der Waals surface area contributed by atoms with Crippen LogP contribution < -0.4 is 14.2 Å². The van der Waals surface area contributed by atoms with Crippen molar-refractivity contribution in [2.75, 3.05) is 34.4 Å². The summed E-state index contributed by atoms with van der Waals surface area (Å²) in [4.78, 5) is 14.1. The number of hydrogen-bond donors (Lipinski definition) is 1. The van der Waals surface area contributed by atoms with Crippen molar-refractivity contribution < 1.29 is 14.2 Å². The van der Waals surface area contributed by atoms with Crippen molar-refractivity contribution >= 4 is 21.8 Å². The van der Waals surface area contributed by atoms with E-state index in [1.54, 1.807) is 7.11 Å². The largest absolute Gasteiger partial charge is 0.493 e. The van der Waals surface area contributed by atoms with Crippen LogP contribution in [0.25, 0.3) is 21.8 Å². The summed E-state index contributed by atoms with van der Waals surface area (Å²) in [6.07, 6.45) is 1.49. The Hall–Kier alpha value is -3.32. The van der Waals surface area contributed by atoms with E-state index in [0.29, 0.717) is 29.7 Å². The minimum atomic E-state index is 0.472. The molecule has 2 heterocycles. The van der Waals surface area contributed by atoms with Crippen molar-refractivity contribution in [3.8, 4) is 23.1 Å². The zero-order valence-electron chi connectivity index (χ0n) is 17.0. The van der Waals surface area contributed by atoms with E-state index in [0.717, 1.165) is 34.0 Å². The summed E-state index contributed by atoms with van der Waals surface area (Å²) in [5.41, 5.74) is 2.91. The molecule has 1 N–H and O–H groups in total. The number of benzene rings is 2. The molecule has 0 spiro atoms. The van der Waals surface area contributed by atoms with Crippen molar-refractivity contribution in [3.05, 3.63) is 48.4 Å². The molecule has 0 saturated heterocycles. The first-order chi connectivity index (χ1) is 14.0. The Morgan fingerprint density at radius 3 is 2.69 bits per heavy atom. The molecule has 0 fully saturated rings. The molecule has 2 aromatic carbocycles. The molecule has 29 heavy (non-hydrogen) atoms. The smallest absolute Gasteiger partial charge is 0.230 e. The van der Waals surface area contributed by atoms with E-state index in [4.69, 9.17) is 14.2 Å². The van der Waals surface area contributed by atoms with E-state index in [2.05, 4.69) is 25.9 Å². The van der Waals surface area contributed by atoms with E-state index in [9.17, 15) is 0 Å². The molecule has 4 rings (SSSR count). The SMILES string of the molecule is COc1cc2c(Oc3ccc4[nH]c(C)cc4c3)ncnc2cc1OCCN(C)C. The summed E-state index contributed by atoms with van der Waals surface area (Å²) in [5.74, 6) is 2.45. The molecule has 7 heteroatoms. The van der Waals surface area contributed by atoms with Gasteiger partial charge in [-0.25, -0.2) is 9.97 Å². The Morgan fingerprint density at radius 2 is 1.90 bits per heavy atom. The zero-order chi connectivity index (χ0) is 20.4. The van der Waals surface area contributed by atoms with E-state index in [1.807, 2.05) is 51.4 Å². The average Bonchev–Trinajstić information content (AvgIpc) is 3.06. The fourth-order valence-corrected chi connectivity index (χ4v) is 3.16. The third-order valence-corrected chi connectivity index (χ3v) is 4.62. The second kappa shape index (κ2) is 7.97. The normalized spacial score (nSPS) is 11.3. The first-order valence-corrected chi connectivity index (χ1v) is 9.41. The maximum Gasteiger partial charge on any atom is 0.230 e. The Labute approximate surface area is 169 Å². The highest BCUT2D eigenvalue weighted by Crippen LogP contribution is 2.36. The Bertz CT molecular complexity index is 1150. The Morgan fingerprint density at radius 1 is 1.03 bits per heavy atom. The van der Waals surface area contributed by atoms with Gasteiger partial charge in [0.15, 0.2) is 11.5 Å². The molecule has 0 radical (unpaired) electrons. The maximum absolute atomic E-state index is 6.09. The number of H-pyrrole nitrogens is 1. The second-order valence-electron chi connectivity index (χ2n) is 7.15. The van der Waals surface area contributed by atoms with Gasteiger partial charge in [-0.15, -0.1) is 0 Å². The zero-order valence-corrected chi connectivity index (χ0v) is 17.0. The van der Waals surface area contributed by atoms with Gasteiger partial charge in [0.2, 0.25) is 5.88 Å². The van der Waals surface area contributed by atoms with Crippen molar-refractivity contribution in [1.82, 2.24) is 19.9 Å². The van der Waals surface area contributed by atoms with E-state index < -0.39 is 0 Å². The Kier molecular flexibility index (Phi) is 5.22. The second-order valence-corrected chi connectivity index (χ2v) is 7.15. The molecule has 4 aromatic rings. The Balaban J connectivity index is 1.66. The summed E-state index contributed by atoms with van der Waals surface area (Å²) in [6.45, 7) is 3.39. The maximum atomic E-state index is 6.09. The fourth-order valence-electron chi connectivity index (χ4n) is 3.16. The first-order valence-electron chi connectivity index (χ1n) is 9.41. The summed E-state index contributed by atoms with van der Waals surface area (Å²) >= 11 is 0. The minimum Gasteiger partial charge on any atom is -0.493 e. The van der Waals surface area contributed by atoms with Crippen LogP contribution in [0.5, 0.6) is 23.1 Å². The van der Waals surface area contributed by atoms with Gasteiger partial charge in [0, 0.05) is 29.2 Å².